The molecule has 4 rings (SSSR count). The van der Waals surface area contributed by atoms with Gasteiger partial charge in [-0.15, -0.1) is 0 Å². The van der Waals surface area contributed by atoms with Gasteiger partial charge in [-0.25, -0.2) is 12.8 Å². The van der Waals surface area contributed by atoms with Gasteiger partial charge in [-0.3, -0.25) is 13.9 Å². The van der Waals surface area contributed by atoms with Crippen molar-refractivity contribution in [1.29, 1.82) is 0 Å². The van der Waals surface area contributed by atoms with Crippen LogP contribution in [0, 0.1) is 26.6 Å². The molecular formula is C37H42FN3O4S. The monoisotopic (exact) mass is 643 g/mol. The molecule has 0 aliphatic heterocycles. The second kappa shape index (κ2) is 14.3. The van der Waals surface area contributed by atoms with Crippen molar-refractivity contribution >= 4 is 27.5 Å². The SMILES string of the molecule is Cc1ccc(S(=O)(=O)N(CC(=O)N(Cc2ccccc2F)C(Cc2ccccc2)C(=O)NC(C)(C)C)c2ccc(C)c(C)c2)cc1. The zero-order chi connectivity index (χ0) is 33.6. The largest absolute Gasteiger partial charge is 0.350 e. The van der Waals surface area contributed by atoms with Crippen molar-refractivity contribution in [2.75, 3.05) is 10.8 Å². The lowest BCUT2D eigenvalue weighted by Crippen LogP contribution is -2.56. The predicted octanol–water partition coefficient (Wildman–Crippen LogP) is 6.50. The summed E-state index contributed by atoms with van der Waals surface area (Å²) in [6, 6.07) is 25.8. The third kappa shape index (κ3) is 8.60. The lowest BCUT2D eigenvalue weighted by Gasteiger charge is -2.35. The van der Waals surface area contributed by atoms with Gasteiger partial charge < -0.3 is 10.2 Å². The van der Waals surface area contributed by atoms with Crippen molar-refractivity contribution < 1.29 is 22.4 Å². The first-order valence-electron chi connectivity index (χ1n) is 15.2. The molecule has 0 aliphatic rings. The number of anilines is 1. The van der Waals surface area contributed by atoms with Crippen molar-refractivity contribution in [3.63, 3.8) is 0 Å². The number of benzene rings is 4. The summed E-state index contributed by atoms with van der Waals surface area (Å²) in [7, 11) is -4.23. The highest BCUT2D eigenvalue weighted by molar-refractivity contribution is 7.92. The van der Waals surface area contributed by atoms with Crippen LogP contribution in [0.25, 0.3) is 0 Å². The molecule has 0 aromatic heterocycles. The molecule has 0 saturated heterocycles. The van der Waals surface area contributed by atoms with E-state index >= 15 is 4.39 Å². The van der Waals surface area contributed by atoms with E-state index < -0.39 is 45.8 Å². The topological polar surface area (TPSA) is 86.8 Å². The molecule has 1 N–H and O–H groups in total. The lowest BCUT2D eigenvalue weighted by atomic mass is 10.0. The molecule has 0 spiro atoms. The van der Waals surface area contributed by atoms with Crippen LogP contribution < -0.4 is 9.62 Å². The Hall–Kier alpha value is -4.50. The minimum absolute atomic E-state index is 0.0242. The van der Waals surface area contributed by atoms with Gasteiger partial charge in [-0.2, -0.15) is 0 Å². The van der Waals surface area contributed by atoms with E-state index in [1.165, 1.54) is 23.1 Å². The number of rotatable bonds is 11. The molecule has 1 unspecified atom stereocenters. The van der Waals surface area contributed by atoms with Crippen molar-refractivity contribution in [2.24, 2.45) is 0 Å². The van der Waals surface area contributed by atoms with Crippen LogP contribution in [0.4, 0.5) is 10.1 Å². The second-order valence-corrected chi connectivity index (χ2v) is 14.5. The van der Waals surface area contributed by atoms with Crippen LogP contribution in [0.1, 0.15) is 48.6 Å². The molecule has 0 fully saturated rings. The molecular weight excluding hydrogens is 601 g/mol. The lowest BCUT2D eigenvalue weighted by molar-refractivity contribution is -0.140. The number of carbonyl (C=O) groups excluding carboxylic acids is 2. The highest BCUT2D eigenvalue weighted by atomic mass is 32.2. The van der Waals surface area contributed by atoms with Crippen molar-refractivity contribution in [3.8, 4) is 0 Å². The Balaban J connectivity index is 1.84. The molecule has 46 heavy (non-hydrogen) atoms. The quantitative estimate of drug-likeness (QED) is 0.202. The summed E-state index contributed by atoms with van der Waals surface area (Å²) in [5.41, 5.74) is 3.38. The molecule has 2 amide bonds. The maximum Gasteiger partial charge on any atom is 0.264 e. The number of carbonyl (C=O) groups is 2. The maximum atomic E-state index is 15.1. The molecule has 4 aromatic rings. The fourth-order valence-corrected chi connectivity index (χ4v) is 6.47. The standard InChI is InChI=1S/C37H42FN3O4S/c1-26-16-20-32(21-17-26)46(44,45)41(31-19-18-27(2)28(3)22-31)25-35(42)40(24-30-14-10-11-15-33(30)38)34(36(43)39-37(4,5)6)23-29-12-8-7-9-13-29/h7-22,34H,23-25H2,1-6H3,(H,39,43). The number of sulfonamides is 1. The van der Waals surface area contributed by atoms with Gasteiger partial charge in [-0.1, -0.05) is 72.3 Å². The summed E-state index contributed by atoms with van der Waals surface area (Å²) in [5.74, 6) is -1.62. The molecule has 1 atom stereocenters. The van der Waals surface area contributed by atoms with E-state index in [2.05, 4.69) is 5.32 Å². The molecule has 0 aliphatic carbocycles. The third-order valence-corrected chi connectivity index (χ3v) is 9.52. The maximum absolute atomic E-state index is 15.1. The predicted molar refractivity (Wildman–Crippen MR) is 180 cm³/mol. The van der Waals surface area contributed by atoms with Gasteiger partial charge in [0.2, 0.25) is 11.8 Å². The molecule has 9 heteroatoms. The van der Waals surface area contributed by atoms with Crippen LogP contribution in [-0.4, -0.2) is 43.3 Å². The van der Waals surface area contributed by atoms with Gasteiger partial charge in [0.25, 0.3) is 10.0 Å². The number of nitrogens with zero attached hydrogens (tertiary/aromatic N) is 2. The molecule has 0 heterocycles. The minimum Gasteiger partial charge on any atom is -0.350 e. The van der Waals surface area contributed by atoms with Gasteiger partial charge in [-0.05, 0) is 88.6 Å². The number of halogens is 1. The number of hydrogen-bond donors (Lipinski definition) is 1. The van der Waals surface area contributed by atoms with E-state index in [1.807, 2.05) is 71.9 Å². The molecule has 7 nitrogen and oxygen atoms in total. The van der Waals surface area contributed by atoms with Gasteiger partial charge in [0.1, 0.15) is 18.4 Å². The van der Waals surface area contributed by atoms with Crippen molar-refractivity contribution in [3.05, 3.63) is 131 Å². The summed E-state index contributed by atoms with van der Waals surface area (Å²) in [5, 5.41) is 2.98. The smallest absolute Gasteiger partial charge is 0.264 e. The van der Waals surface area contributed by atoms with E-state index in [0.29, 0.717) is 5.69 Å². The highest BCUT2D eigenvalue weighted by Crippen LogP contribution is 2.27. The Bertz CT molecular complexity index is 1790. The summed E-state index contributed by atoms with van der Waals surface area (Å²) >= 11 is 0. The van der Waals surface area contributed by atoms with Crippen molar-refractivity contribution in [1.82, 2.24) is 10.2 Å². The zero-order valence-electron chi connectivity index (χ0n) is 27.2. The number of amides is 2. The summed E-state index contributed by atoms with van der Waals surface area (Å²) < 4.78 is 44.6. The highest BCUT2D eigenvalue weighted by Gasteiger charge is 2.36. The van der Waals surface area contributed by atoms with Crippen LogP contribution >= 0.6 is 0 Å². The Labute approximate surface area is 272 Å². The zero-order valence-corrected chi connectivity index (χ0v) is 28.1. The molecule has 0 saturated carbocycles. The summed E-state index contributed by atoms with van der Waals surface area (Å²) in [4.78, 5) is 29.8. The Kier molecular flexibility index (Phi) is 10.7. The van der Waals surface area contributed by atoms with Gasteiger partial charge in [0.15, 0.2) is 0 Å². The van der Waals surface area contributed by atoms with Crippen LogP contribution in [0.15, 0.2) is 102 Å². The fourth-order valence-electron chi connectivity index (χ4n) is 5.06. The van der Waals surface area contributed by atoms with E-state index in [-0.39, 0.29) is 23.4 Å². The van der Waals surface area contributed by atoms with Crippen LogP contribution in [-0.2, 0) is 32.6 Å². The van der Waals surface area contributed by atoms with E-state index in [4.69, 9.17) is 0 Å². The number of nitrogens with one attached hydrogen (secondary N) is 1. The average molecular weight is 644 g/mol. The molecule has 0 bridgehead atoms. The normalized spacial score (nSPS) is 12.3. The minimum atomic E-state index is -4.23. The van der Waals surface area contributed by atoms with E-state index in [0.717, 1.165) is 26.6 Å². The van der Waals surface area contributed by atoms with Gasteiger partial charge in [0.05, 0.1) is 10.6 Å². The summed E-state index contributed by atoms with van der Waals surface area (Å²) in [6.07, 6.45) is 0.136. The van der Waals surface area contributed by atoms with Crippen molar-refractivity contribution in [2.45, 2.75) is 71.0 Å². The van der Waals surface area contributed by atoms with Crippen LogP contribution in [0.5, 0.6) is 0 Å². The van der Waals surface area contributed by atoms with Crippen LogP contribution in [0.3, 0.4) is 0 Å². The Morgan fingerprint density at radius 3 is 2.07 bits per heavy atom. The fraction of sp³-hybridized carbons (Fsp3) is 0.297. The first-order chi connectivity index (χ1) is 21.7. The summed E-state index contributed by atoms with van der Waals surface area (Å²) in [6.45, 7) is 10.3. The number of aryl methyl sites for hydroxylation is 3. The molecule has 0 radical (unpaired) electrons. The second-order valence-electron chi connectivity index (χ2n) is 12.7. The van der Waals surface area contributed by atoms with Gasteiger partial charge in [0, 0.05) is 24.1 Å². The van der Waals surface area contributed by atoms with E-state index in [1.54, 1.807) is 48.5 Å². The van der Waals surface area contributed by atoms with E-state index in [9.17, 15) is 18.0 Å². The first-order valence-corrected chi connectivity index (χ1v) is 16.7. The molecule has 4 aromatic carbocycles. The first kappa shape index (κ1) is 34.4. The molecule has 242 valence electrons. The average Bonchev–Trinajstić information content (AvgIpc) is 2.99. The van der Waals surface area contributed by atoms with Crippen LogP contribution in [0.2, 0.25) is 0 Å². The van der Waals surface area contributed by atoms with Gasteiger partial charge >= 0.3 is 0 Å². The number of hydrogen-bond acceptors (Lipinski definition) is 4. The Morgan fingerprint density at radius 1 is 0.826 bits per heavy atom. The third-order valence-electron chi connectivity index (χ3n) is 7.73. The Morgan fingerprint density at radius 2 is 1.46 bits per heavy atom.